The lowest BCUT2D eigenvalue weighted by Crippen LogP contribution is -2.47. The number of hydrogen-bond donors (Lipinski definition) is 0. The van der Waals surface area contributed by atoms with Crippen molar-refractivity contribution in [1.82, 2.24) is 14.5 Å². The molecule has 2 aliphatic rings. The average Bonchev–Trinajstić information content (AvgIpc) is 3.30. The van der Waals surface area contributed by atoms with Gasteiger partial charge in [0, 0.05) is 38.1 Å². The molecule has 1 spiro atoms. The fourth-order valence-electron chi connectivity index (χ4n) is 4.48. The lowest BCUT2D eigenvalue weighted by molar-refractivity contribution is -0.187. The maximum absolute atomic E-state index is 13.9. The van der Waals surface area contributed by atoms with E-state index in [1.807, 2.05) is 11.0 Å². The second-order valence-corrected chi connectivity index (χ2v) is 9.53. The standard InChI is InChI=1S/C25H26FN3O4S/c26-18-5-3-6-19(17-18)29-23(31)20-7-1-2-8-21(20)27-24(29)34-16-4-9-22(30)28-12-10-25(11-13-28)32-14-15-33-25/h1-3,5-8,17H,4,9-16H2. The van der Waals surface area contributed by atoms with Gasteiger partial charge >= 0.3 is 0 Å². The van der Waals surface area contributed by atoms with Crippen molar-refractivity contribution < 1.29 is 18.7 Å². The van der Waals surface area contributed by atoms with Gasteiger partial charge in [-0.2, -0.15) is 0 Å². The molecule has 3 aromatic rings. The van der Waals surface area contributed by atoms with Crippen LogP contribution in [0.4, 0.5) is 4.39 Å². The van der Waals surface area contributed by atoms with Crippen LogP contribution in [0, 0.1) is 5.82 Å². The molecule has 3 heterocycles. The van der Waals surface area contributed by atoms with E-state index in [4.69, 9.17) is 9.47 Å². The molecule has 7 nitrogen and oxygen atoms in total. The molecule has 2 aromatic carbocycles. The van der Waals surface area contributed by atoms with Gasteiger partial charge in [-0.15, -0.1) is 0 Å². The summed E-state index contributed by atoms with van der Waals surface area (Å²) in [5.74, 6) is -0.191. The van der Waals surface area contributed by atoms with Crippen molar-refractivity contribution in [3.05, 3.63) is 64.7 Å². The Labute approximate surface area is 200 Å². The van der Waals surface area contributed by atoms with E-state index in [0.29, 0.717) is 79.5 Å². The van der Waals surface area contributed by atoms with Gasteiger partial charge in [-0.1, -0.05) is 30.0 Å². The second-order valence-electron chi connectivity index (χ2n) is 8.47. The highest BCUT2D eigenvalue weighted by Gasteiger charge is 2.40. The number of halogens is 1. The predicted octanol–water partition coefficient (Wildman–Crippen LogP) is 3.76. The van der Waals surface area contributed by atoms with E-state index in [1.165, 1.54) is 28.5 Å². The minimum absolute atomic E-state index is 0.113. The van der Waals surface area contributed by atoms with Crippen molar-refractivity contribution in [3.63, 3.8) is 0 Å². The van der Waals surface area contributed by atoms with Crippen LogP contribution in [0.2, 0.25) is 0 Å². The third kappa shape index (κ3) is 4.73. The van der Waals surface area contributed by atoms with Crippen molar-refractivity contribution in [2.45, 2.75) is 36.6 Å². The molecule has 0 aliphatic carbocycles. The third-order valence-corrected chi connectivity index (χ3v) is 7.29. The first-order valence-corrected chi connectivity index (χ1v) is 12.5. The first-order chi connectivity index (χ1) is 16.5. The van der Waals surface area contributed by atoms with E-state index in [-0.39, 0.29) is 11.5 Å². The van der Waals surface area contributed by atoms with Crippen LogP contribution < -0.4 is 5.56 Å². The van der Waals surface area contributed by atoms with Crippen LogP contribution in [0.25, 0.3) is 16.6 Å². The number of amides is 1. The van der Waals surface area contributed by atoms with E-state index >= 15 is 0 Å². The van der Waals surface area contributed by atoms with Gasteiger partial charge in [0.2, 0.25) is 5.91 Å². The van der Waals surface area contributed by atoms with E-state index in [1.54, 1.807) is 30.3 Å². The van der Waals surface area contributed by atoms with Gasteiger partial charge in [0.1, 0.15) is 5.82 Å². The van der Waals surface area contributed by atoms with Crippen LogP contribution in [-0.4, -0.2) is 58.2 Å². The van der Waals surface area contributed by atoms with Crippen molar-refractivity contribution >= 4 is 28.6 Å². The van der Waals surface area contributed by atoms with Crippen LogP contribution in [0.5, 0.6) is 0 Å². The number of fused-ring (bicyclic) bond motifs is 1. The number of hydrogen-bond acceptors (Lipinski definition) is 6. The van der Waals surface area contributed by atoms with Crippen molar-refractivity contribution in [2.24, 2.45) is 0 Å². The van der Waals surface area contributed by atoms with Crippen molar-refractivity contribution in [2.75, 3.05) is 32.1 Å². The first-order valence-electron chi connectivity index (χ1n) is 11.5. The Morgan fingerprint density at radius 3 is 2.62 bits per heavy atom. The summed E-state index contributed by atoms with van der Waals surface area (Å²) in [6.07, 6.45) is 2.46. The number of rotatable bonds is 6. The van der Waals surface area contributed by atoms with E-state index in [0.717, 1.165) is 0 Å². The van der Waals surface area contributed by atoms with E-state index in [9.17, 15) is 14.0 Å². The molecule has 0 bridgehead atoms. The molecule has 9 heteroatoms. The van der Waals surface area contributed by atoms with Gasteiger partial charge in [-0.05, 0) is 36.8 Å². The van der Waals surface area contributed by atoms with Crippen molar-refractivity contribution in [3.8, 4) is 5.69 Å². The molecule has 2 aliphatic heterocycles. The summed E-state index contributed by atoms with van der Waals surface area (Å²) in [5.41, 5.74) is 0.783. The Bertz CT molecular complexity index is 1250. The normalized spacial score (nSPS) is 17.5. The molecular formula is C25H26FN3O4S. The Morgan fingerprint density at radius 2 is 1.85 bits per heavy atom. The fraction of sp³-hybridized carbons (Fsp3) is 0.400. The molecule has 0 N–H and O–H groups in total. The Kier molecular flexibility index (Phi) is 6.67. The molecule has 2 fully saturated rings. The smallest absolute Gasteiger partial charge is 0.266 e. The molecule has 1 amide bonds. The number of carbonyl (C=O) groups excluding carboxylic acids is 1. The van der Waals surface area contributed by atoms with E-state index in [2.05, 4.69) is 4.98 Å². The average molecular weight is 484 g/mol. The van der Waals surface area contributed by atoms with Crippen LogP contribution in [0.1, 0.15) is 25.7 Å². The number of carbonyl (C=O) groups is 1. The zero-order valence-electron chi connectivity index (χ0n) is 18.7. The lowest BCUT2D eigenvalue weighted by Gasteiger charge is -2.37. The molecule has 0 atom stereocenters. The summed E-state index contributed by atoms with van der Waals surface area (Å²) in [4.78, 5) is 32.5. The molecule has 1 aromatic heterocycles. The number of piperidine rings is 1. The SMILES string of the molecule is O=C(CCCSc1nc2ccccc2c(=O)n1-c1cccc(F)c1)N1CCC2(CC1)OCCO2. The zero-order valence-corrected chi connectivity index (χ0v) is 19.6. The van der Waals surface area contributed by atoms with Crippen LogP contribution in [0.3, 0.4) is 0 Å². The quantitative estimate of drug-likeness (QED) is 0.302. The summed E-state index contributed by atoms with van der Waals surface area (Å²) in [6, 6.07) is 13.1. The maximum atomic E-state index is 13.9. The number of para-hydroxylation sites is 1. The van der Waals surface area contributed by atoms with E-state index < -0.39 is 11.6 Å². The van der Waals surface area contributed by atoms with Crippen molar-refractivity contribution in [1.29, 1.82) is 0 Å². The second kappa shape index (κ2) is 9.85. The van der Waals surface area contributed by atoms with Crippen LogP contribution in [-0.2, 0) is 14.3 Å². The molecule has 5 rings (SSSR count). The minimum Gasteiger partial charge on any atom is -0.347 e. The number of thioether (sulfide) groups is 1. The molecular weight excluding hydrogens is 457 g/mol. The van der Waals surface area contributed by atoms with Gasteiger partial charge in [0.15, 0.2) is 10.9 Å². The van der Waals surface area contributed by atoms with Crippen LogP contribution >= 0.6 is 11.8 Å². The lowest BCUT2D eigenvalue weighted by atomic mass is 10.0. The number of likely N-dealkylation sites (tertiary alicyclic amines) is 1. The van der Waals surface area contributed by atoms with Gasteiger partial charge in [0.25, 0.3) is 5.56 Å². The van der Waals surface area contributed by atoms with Gasteiger partial charge in [-0.25, -0.2) is 9.37 Å². The number of nitrogens with zero attached hydrogens (tertiary/aromatic N) is 3. The molecule has 0 saturated carbocycles. The highest BCUT2D eigenvalue weighted by atomic mass is 32.2. The molecule has 2 saturated heterocycles. The summed E-state index contributed by atoms with van der Waals surface area (Å²) in [7, 11) is 0. The molecule has 0 unspecified atom stereocenters. The molecule has 0 radical (unpaired) electrons. The molecule has 34 heavy (non-hydrogen) atoms. The summed E-state index contributed by atoms with van der Waals surface area (Å²) >= 11 is 1.40. The number of aromatic nitrogens is 2. The predicted molar refractivity (Wildman–Crippen MR) is 128 cm³/mol. The third-order valence-electron chi connectivity index (χ3n) is 6.27. The number of ether oxygens (including phenoxy) is 2. The number of benzene rings is 2. The zero-order chi connectivity index (χ0) is 23.5. The summed E-state index contributed by atoms with van der Waals surface area (Å²) in [6.45, 7) is 2.51. The fourth-order valence-corrected chi connectivity index (χ4v) is 5.43. The monoisotopic (exact) mass is 483 g/mol. The maximum Gasteiger partial charge on any atom is 0.266 e. The first kappa shape index (κ1) is 23.0. The van der Waals surface area contributed by atoms with Crippen LogP contribution in [0.15, 0.2) is 58.5 Å². The summed E-state index contributed by atoms with van der Waals surface area (Å²) < 4.78 is 26.8. The van der Waals surface area contributed by atoms with Gasteiger partial charge < -0.3 is 14.4 Å². The van der Waals surface area contributed by atoms with Gasteiger partial charge in [-0.3, -0.25) is 14.2 Å². The Morgan fingerprint density at radius 1 is 1.09 bits per heavy atom. The van der Waals surface area contributed by atoms with Gasteiger partial charge in [0.05, 0.1) is 29.8 Å². The highest BCUT2D eigenvalue weighted by molar-refractivity contribution is 7.99. The topological polar surface area (TPSA) is 73.7 Å². The highest BCUT2D eigenvalue weighted by Crippen LogP contribution is 2.31. The minimum atomic E-state index is -0.491. The largest absolute Gasteiger partial charge is 0.347 e. The Hall–Kier alpha value is -2.75. The Balaban J connectivity index is 1.25. The summed E-state index contributed by atoms with van der Waals surface area (Å²) in [5, 5.41) is 0.960. The molecule has 178 valence electrons.